The van der Waals surface area contributed by atoms with Crippen LogP contribution in [0, 0.1) is 11.3 Å². The van der Waals surface area contributed by atoms with Crippen LogP contribution in [-0.2, 0) is 4.74 Å². The third-order valence-corrected chi connectivity index (χ3v) is 4.11. The maximum atomic E-state index is 12.3. The Morgan fingerprint density at radius 1 is 1.27 bits per heavy atom. The van der Waals surface area contributed by atoms with Gasteiger partial charge in [-0.05, 0) is 30.3 Å². The molecule has 0 spiro atoms. The number of rotatable bonds is 6. The fourth-order valence-electron chi connectivity index (χ4n) is 2.67. The summed E-state index contributed by atoms with van der Waals surface area (Å²) in [5.41, 5.74) is 1.55. The molecular formula is C19H21N5O2. The lowest BCUT2D eigenvalue weighted by atomic mass is 10.2. The summed E-state index contributed by atoms with van der Waals surface area (Å²) in [5.74, 6) is 0.480. The second kappa shape index (κ2) is 8.94. The van der Waals surface area contributed by atoms with Gasteiger partial charge in [0.2, 0.25) is 0 Å². The SMILES string of the molecule is N#Cc1cccc(NC(=O)c2ccc(NCCN3CCOCC3)nc2)c1. The summed E-state index contributed by atoms with van der Waals surface area (Å²) in [6, 6.07) is 12.4. The third-order valence-electron chi connectivity index (χ3n) is 4.11. The van der Waals surface area contributed by atoms with Gasteiger partial charge in [0.05, 0.1) is 30.4 Å². The molecule has 0 bridgehead atoms. The Morgan fingerprint density at radius 3 is 2.85 bits per heavy atom. The van der Waals surface area contributed by atoms with Crippen LogP contribution in [0.4, 0.5) is 11.5 Å². The number of nitrogens with one attached hydrogen (secondary N) is 2. The molecule has 2 N–H and O–H groups in total. The van der Waals surface area contributed by atoms with Crippen LogP contribution in [-0.4, -0.2) is 55.2 Å². The van der Waals surface area contributed by atoms with Gasteiger partial charge in [-0.15, -0.1) is 0 Å². The normalized spacial score (nSPS) is 14.4. The zero-order valence-corrected chi connectivity index (χ0v) is 14.4. The molecular weight excluding hydrogens is 330 g/mol. The van der Waals surface area contributed by atoms with Crippen LogP contribution >= 0.6 is 0 Å². The van der Waals surface area contributed by atoms with Gasteiger partial charge in [0, 0.05) is 38.1 Å². The molecule has 1 fully saturated rings. The lowest BCUT2D eigenvalue weighted by molar-refractivity contribution is 0.0398. The first-order valence-electron chi connectivity index (χ1n) is 8.56. The largest absolute Gasteiger partial charge is 0.379 e. The van der Waals surface area contributed by atoms with Crippen molar-refractivity contribution in [2.24, 2.45) is 0 Å². The van der Waals surface area contributed by atoms with Crippen LogP contribution in [0.25, 0.3) is 0 Å². The summed E-state index contributed by atoms with van der Waals surface area (Å²) in [4.78, 5) is 18.9. The second-order valence-corrected chi connectivity index (χ2v) is 5.96. The Hall–Kier alpha value is -2.95. The number of morpholine rings is 1. The molecule has 3 rings (SSSR count). The highest BCUT2D eigenvalue weighted by Crippen LogP contribution is 2.12. The summed E-state index contributed by atoms with van der Waals surface area (Å²) in [6.45, 7) is 5.23. The summed E-state index contributed by atoms with van der Waals surface area (Å²) in [5, 5.41) is 14.9. The number of amides is 1. The van der Waals surface area contributed by atoms with Crippen molar-refractivity contribution in [3.05, 3.63) is 53.7 Å². The maximum absolute atomic E-state index is 12.3. The molecule has 1 amide bonds. The second-order valence-electron chi connectivity index (χ2n) is 5.96. The average Bonchev–Trinajstić information content (AvgIpc) is 2.69. The average molecular weight is 351 g/mol. The third kappa shape index (κ3) is 5.02. The summed E-state index contributed by atoms with van der Waals surface area (Å²) in [6.07, 6.45) is 1.54. The van der Waals surface area contributed by atoms with E-state index in [1.807, 2.05) is 6.07 Å². The monoisotopic (exact) mass is 351 g/mol. The number of anilines is 2. The predicted octanol–water partition coefficient (Wildman–Crippen LogP) is 1.95. The van der Waals surface area contributed by atoms with Crippen molar-refractivity contribution in [2.75, 3.05) is 50.0 Å². The number of hydrogen-bond donors (Lipinski definition) is 2. The van der Waals surface area contributed by atoms with Crippen LogP contribution in [0.5, 0.6) is 0 Å². The van der Waals surface area contributed by atoms with Gasteiger partial charge in [0.15, 0.2) is 0 Å². The molecule has 7 nitrogen and oxygen atoms in total. The van der Waals surface area contributed by atoms with Gasteiger partial charge < -0.3 is 15.4 Å². The van der Waals surface area contributed by atoms with Gasteiger partial charge in [0.25, 0.3) is 5.91 Å². The molecule has 1 aliphatic rings. The summed E-state index contributed by atoms with van der Waals surface area (Å²) < 4.78 is 5.33. The number of ether oxygens (including phenoxy) is 1. The van der Waals surface area contributed by atoms with E-state index >= 15 is 0 Å². The van der Waals surface area contributed by atoms with Crippen molar-refractivity contribution in [1.29, 1.82) is 5.26 Å². The number of carbonyl (C=O) groups excluding carboxylic acids is 1. The maximum Gasteiger partial charge on any atom is 0.257 e. The van der Waals surface area contributed by atoms with Gasteiger partial charge >= 0.3 is 0 Å². The number of benzene rings is 1. The summed E-state index contributed by atoms with van der Waals surface area (Å²) >= 11 is 0. The minimum Gasteiger partial charge on any atom is -0.379 e. The molecule has 0 saturated carbocycles. The van der Waals surface area contributed by atoms with Crippen molar-refractivity contribution in [3.8, 4) is 6.07 Å². The van der Waals surface area contributed by atoms with Crippen molar-refractivity contribution >= 4 is 17.4 Å². The van der Waals surface area contributed by atoms with E-state index in [2.05, 4.69) is 20.5 Å². The van der Waals surface area contributed by atoms with Gasteiger partial charge in [0.1, 0.15) is 5.82 Å². The molecule has 0 aliphatic carbocycles. The molecule has 1 aliphatic heterocycles. The highest BCUT2D eigenvalue weighted by molar-refractivity contribution is 6.04. The van der Waals surface area contributed by atoms with E-state index < -0.39 is 0 Å². The lowest BCUT2D eigenvalue weighted by Gasteiger charge is -2.26. The molecule has 2 aromatic rings. The summed E-state index contributed by atoms with van der Waals surface area (Å²) in [7, 11) is 0. The number of carbonyl (C=O) groups is 1. The van der Waals surface area contributed by atoms with E-state index in [4.69, 9.17) is 10.00 Å². The van der Waals surface area contributed by atoms with Crippen molar-refractivity contribution in [3.63, 3.8) is 0 Å². The van der Waals surface area contributed by atoms with Crippen molar-refractivity contribution in [1.82, 2.24) is 9.88 Å². The van der Waals surface area contributed by atoms with Crippen molar-refractivity contribution in [2.45, 2.75) is 0 Å². The van der Waals surface area contributed by atoms with Crippen LogP contribution in [0.3, 0.4) is 0 Å². The Kier molecular flexibility index (Phi) is 6.14. The van der Waals surface area contributed by atoms with Crippen molar-refractivity contribution < 1.29 is 9.53 Å². The number of nitriles is 1. The van der Waals surface area contributed by atoms with E-state index in [-0.39, 0.29) is 5.91 Å². The van der Waals surface area contributed by atoms with Crippen LogP contribution < -0.4 is 10.6 Å². The molecule has 7 heteroatoms. The van der Waals surface area contributed by atoms with E-state index in [1.165, 1.54) is 0 Å². The van der Waals surface area contributed by atoms with Gasteiger partial charge in [-0.3, -0.25) is 9.69 Å². The first-order chi connectivity index (χ1) is 12.7. The smallest absolute Gasteiger partial charge is 0.257 e. The zero-order chi connectivity index (χ0) is 18.2. The number of pyridine rings is 1. The van der Waals surface area contributed by atoms with E-state index in [0.29, 0.717) is 16.8 Å². The molecule has 1 aromatic carbocycles. The van der Waals surface area contributed by atoms with Gasteiger partial charge in [-0.2, -0.15) is 5.26 Å². The standard InChI is InChI=1S/C19H21N5O2/c20-13-15-2-1-3-17(12-15)23-19(25)16-4-5-18(22-14-16)21-6-7-24-8-10-26-11-9-24/h1-5,12,14H,6-11H2,(H,21,22)(H,23,25). The molecule has 1 saturated heterocycles. The van der Waals surface area contributed by atoms with E-state index in [1.54, 1.807) is 42.6 Å². The van der Waals surface area contributed by atoms with Crippen LogP contribution in [0.15, 0.2) is 42.6 Å². The van der Waals surface area contributed by atoms with Crippen LogP contribution in [0.2, 0.25) is 0 Å². The Balaban J connectivity index is 1.50. The van der Waals surface area contributed by atoms with Gasteiger partial charge in [-0.25, -0.2) is 4.98 Å². The number of nitrogens with zero attached hydrogens (tertiary/aromatic N) is 3. The fraction of sp³-hybridized carbons (Fsp3) is 0.316. The predicted molar refractivity (Wildman–Crippen MR) is 99.1 cm³/mol. The first-order valence-corrected chi connectivity index (χ1v) is 8.56. The molecule has 134 valence electrons. The lowest BCUT2D eigenvalue weighted by Crippen LogP contribution is -2.39. The van der Waals surface area contributed by atoms with E-state index in [0.717, 1.165) is 45.2 Å². The Morgan fingerprint density at radius 2 is 2.12 bits per heavy atom. The molecule has 2 heterocycles. The Bertz CT molecular complexity index is 779. The highest BCUT2D eigenvalue weighted by atomic mass is 16.5. The number of hydrogen-bond acceptors (Lipinski definition) is 6. The Labute approximate surface area is 152 Å². The zero-order valence-electron chi connectivity index (χ0n) is 14.4. The van der Waals surface area contributed by atoms with Crippen LogP contribution in [0.1, 0.15) is 15.9 Å². The molecule has 0 atom stereocenters. The first kappa shape index (κ1) is 17.9. The molecule has 1 aromatic heterocycles. The molecule has 0 unspecified atom stereocenters. The fourth-order valence-corrected chi connectivity index (χ4v) is 2.67. The quantitative estimate of drug-likeness (QED) is 0.827. The molecule has 26 heavy (non-hydrogen) atoms. The van der Waals surface area contributed by atoms with E-state index in [9.17, 15) is 4.79 Å². The minimum atomic E-state index is -0.257. The topological polar surface area (TPSA) is 90.3 Å². The number of aromatic nitrogens is 1. The highest BCUT2D eigenvalue weighted by Gasteiger charge is 2.10. The molecule has 0 radical (unpaired) electrons. The van der Waals surface area contributed by atoms with Gasteiger partial charge in [-0.1, -0.05) is 6.07 Å². The minimum absolute atomic E-state index is 0.257.